The van der Waals surface area contributed by atoms with E-state index in [1.165, 1.54) is 6.07 Å². The van der Waals surface area contributed by atoms with Gasteiger partial charge in [0.05, 0.1) is 5.41 Å². The van der Waals surface area contributed by atoms with Crippen LogP contribution in [0.15, 0.2) is 24.3 Å². The largest absolute Gasteiger partial charge is 0.396 e. The Bertz CT molecular complexity index is 552. The van der Waals surface area contributed by atoms with E-state index in [4.69, 9.17) is 0 Å². The summed E-state index contributed by atoms with van der Waals surface area (Å²) in [5.41, 5.74) is -0.132. The van der Waals surface area contributed by atoms with Crippen LogP contribution in [0.2, 0.25) is 0 Å². The molecule has 126 valence electrons. The molecule has 1 aliphatic carbocycles. The second kappa shape index (κ2) is 7.00. The summed E-state index contributed by atoms with van der Waals surface area (Å²) < 4.78 is 14.4. The maximum Gasteiger partial charge on any atom is 0.233 e. The van der Waals surface area contributed by atoms with Crippen molar-refractivity contribution in [1.29, 1.82) is 0 Å². The van der Waals surface area contributed by atoms with Crippen molar-refractivity contribution in [1.82, 2.24) is 4.90 Å². The average Bonchev–Trinajstić information content (AvgIpc) is 3.06. The van der Waals surface area contributed by atoms with Gasteiger partial charge in [0.25, 0.3) is 0 Å². The number of hydrogen-bond acceptors (Lipinski definition) is 2. The van der Waals surface area contributed by atoms with Gasteiger partial charge in [-0.25, -0.2) is 4.39 Å². The lowest BCUT2D eigenvalue weighted by atomic mass is 9.76. The third-order valence-corrected chi connectivity index (χ3v) is 5.61. The molecule has 1 heterocycles. The normalized spacial score (nSPS) is 23.9. The van der Waals surface area contributed by atoms with E-state index in [0.717, 1.165) is 51.5 Å². The Kier molecular flexibility index (Phi) is 5.00. The Hall–Kier alpha value is -1.42. The molecule has 1 aliphatic heterocycles. The zero-order chi connectivity index (χ0) is 16.3. The minimum atomic E-state index is -0.698. The predicted molar refractivity (Wildman–Crippen MR) is 87.6 cm³/mol. The molecule has 2 aliphatic rings. The summed E-state index contributed by atoms with van der Waals surface area (Å²) in [5.74, 6) is -0.184. The molecule has 4 heteroatoms. The zero-order valence-corrected chi connectivity index (χ0v) is 13.6. The van der Waals surface area contributed by atoms with Crippen LogP contribution in [0.3, 0.4) is 0 Å². The van der Waals surface area contributed by atoms with Crippen molar-refractivity contribution in [3.8, 4) is 0 Å². The SMILES string of the molecule is O=C(N1CCCCC1CCO)C1(c2ccccc2F)CCCC1. The summed E-state index contributed by atoms with van der Waals surface area (Å²) in [6.07, 6.45) is 7.07. The number of carbonyl (C=O) groups excluding carboxylic acids is 1. The first-order chi connectivity index (χ1) is 11.2. The predicted octanol–water partition coefficient (Wildman–Crippen LogP) is 3.40. The first-order valence-corrected chi connectivity index (χ1v) is 8.86. The van der Waals surface area contributed by atoms with E-state index in [1.807, 2.05) is 11.0 Å². The van der Waals surface area contributed by atoms with Crippen LogP contribution in [-0.4, -0.2) is 35.1 Å². The topological polar surface area (TPSA) is 40.5 Å². The molecule has 3 nitrogen and oxygen atoms in total. The van der Waals surface area contributed by atoms with Gasteiger partial charge < -0.3 is 10.0 Å². The standard InChI is InChI=1S/C19H26FNO2/c20-17-9-2-1-8-16(17)19(11-4-5-12-19)18(23)21-13-6-3-7-15(21)10-14-22/h1-2,8-9,15,22H,3-7,10-14H2. The molecular weight excluding hydrogens is 293 g/mol. The number of halogens is 1. The van der Waals surface area contributed by atoms with Crippen LogP contribution in [0.1, 0.15) is 56.9 Å². The maximum atomic E-state index is 14.4. The summed E-state index contributed by atoms with van der Waals surface area (Å²) in [5, 5.41) is 9.31. The van der Waals surface area contributed by atoms with Gasteiger partial charge in [-0.05, 0) is 44.6 Å². The number of aliphatic hydroxyl groups excluding tert-OH is 1. The molecular formula is C19H26FNO2. The molecule has 0 radical (unpaired) electrons. The quantitative estimate of drug-likeness (QED) is 0.924. The highest BCUT2D eigenvalue weighted by atomic mass is 19.1. The van der Waals surface area contributed by atoms with Gasteiger partial charge in [-0.15, -0.1) is 0 Å². The van der Waals surface area contributed by atoms with Crippen molar-refractivity contribution in [2.24, 2.45) is 0 Å². The van der Waals surface area contributed by atoms with Gasteiger partial charge in [0, 0.05) is 24.8 Å². The number of benzene rings is 1. The number of aliphatic hydroxyl groups is 1. The van der Waals surface area contributed by atoms with E-state index in [1.54, 1.807) is 12.1 Å². The van der Waals surface area contributed by atoms with Crippen molar-refractivity contribution in [3.63, 3.8) is 0 Å². The molecule has 1 amide bonds. The molecule has 0 bridgehead atoms. The van der Waals surface area contributed by atoms with E-state index in [-0.39, 0.29) is 24.4 Å². The van der Waals surface area contributed by atoms with Gasteiger partial charge in [0.2, 0.25) is 5.91 Å². The number of piperidine rings is 1. The molecule has 1 aromatic carbocycles. The van der Waals surface area contributed by atoms with Crippen molar-refractivity contribution in [2.75, 3.05) is 13.2 Å². The van der Waals surface area contributed by atoms with Gasteiger partial charge in [-0.3, -0.25) is 4.79 Å². The van der Waals surface area contributed by atoms with Crippen molar-refractivity contribution in [2.45, 2.75) is 62.8 Å². The van der Waals surface area contributed by atoms with Crippen LogP contribution in [0.25, 0.3) is 0 Å². The molecule has 23 heavy (non-hydrogen) atoms. The Morgan fingerprint density at radius 3 is 2.65 bits per heavy atom. The number of nitrogens with zero attached hydrogens (tertiary/aromatic N) is 1. The van der Waals surface area contributed by atoms with E-state index >= 15 is 0 Å². The fourth-order valence-electron chi connectivity index (χ4n) is 4.42. The molecule has 0 aromatic heterocycles. The lowest BCUT2D eigenvalue weighted by molar-refractivity contribution is -0.141. The summed E-state index contributed by atoms with van der Waals surface area (Å²) in [6.45, 7) is 0.834. The first-order valence-electron chi connectivity index (χ1n) is 8.86. The zero-order valence-electron chi connectivity index (χ0n) is 13.6. The van der Waals surface area contributed by atoms with E-state index < -0.39 is 5.41 Å². The van der Waals surface area contributed by atoms with Crippen molar-refractivity contribution in [3.05, 3.63) is 35.6 Å². The molecule has 1 aromatic rings. The third kappa shape index (κ3) is 3.01. The van der Waals surface area contributed by atoms with Gasteiger partial charge >= 0.3 is 0 Å². The Morgan fingerprint density at radius 2 is 1.96 bits per heavy atom. The van der Waals surface area contributed by atoms with Gasteiger partial charge in [-0.1, -0.05) is 31.0 Å². The second-order valence-electron chi connectivity index (χ2n) is 6.93. The number of carbonyl (C=O) groups is 1. The summed E-state index contributed by atoms with van der Waals surface area (Å²) in [7, 11) is 0. The van der Waals surface area contributed by atoms with Crippen LogP contribution in [0.5, 0.6) is 0 Å². The molecule has 2 fully saturated rings. The third-order valence-electron chi connectivity index (χ3n) is 5.61. The van der Waals surface area contributed by atoms with Crippen LogP contribution in [0.4, 0.5) is 4.39 Å². The molecule has 1 saturated carbocycles. The minimum absolute atomic E-state index is 0.0817. The number of rotatable bonds is 4. The van der Waals surface area contributed by atoms with E-state index in [2.05, 4.69) is 0 Å². The second-order valence-corrected chi connectivity index (χ2v) is 6.93. The monoisotopic (exact) mass is 319 g/mol. The van der Waals surface area contributed by atoms with E-state index in [9.17, 15) is 14.3 Å². The van der Waals surface area contributed by atoms with Crippen molar-refractivity contribution < 1.29 is 14.3 Å². The number of hydrogen-bond donors (Lipinski definition) is 1. The van der Waals surface area contributed by atoms with Gasteiger partial charge in [0.1, 0.15) is 5.82 Å². The Labute approximate surface area is 137 Å². The van der Waals surface area contributed by atoms with Gasteiger partial charge in [-0.2, -0.15) is 0 Å². The smallest absolute Gasteiger partial charge is 0.233 e. The molecule has 1 saturated heterocycles. The lowest BCUT2D eigenvalue weighted by Crippen LogP contribution is -2.52. The average molecular weight is 319 g/mol. The molecule has 1 atom stereocenters. The van der Waals surface area contributed by atoms with Crippen LogP contribution in [0, 0.1) is 5.82 Å². The van der Waals surface area contributed by atoms with Crippen LogP contribution < -0.4 is 0 Å². The van der Waals surface area contributed by atoms with Gasteiger partial charge in [0.15, 0.2) is 0 Å². The minimum Gasteiger partial charge on any atom is -0.396 e. The van der Waals surface area contributed by atoms with Crippen LogP contribution >= 0.6 is 0 Å². The first kappa shape index (κ1) is 16.4. The van der Waals surface area contributed by atoms with Crippen molar-refractivity contribution >= 4 is 5.91 Å². The molecule has 3 rings (SSSR count). The summed E-state index contributed by atoms with van der Waals surface area (Å²) >= 11 is 0. The summed E-state index contributed by atoms with van der Waals surface area (Å²) in [6, 6.07) is 6.85. The fourth-order valence-corrected chi connectivity index (χ4v) is 4.42. The number of amides is 1. The highest BCUT2D eigenvalue weighted by Crippen LogP contribution is 2.44. The summed E-state index contributed by atoms with van der Waals surface area (Å²) in [4.78, 5) is 15.4. The number of likely N-dealkylation sites (tertiary alicyclic amines) is 1. The highest BCUT2D eigenvalue weighted by Gasteiger charge is 2.47. The Balaban J connectivity index is 1.94. The maximum absolute atomic E-state index is 14.4. The Morgan fingerprint density at radius 1 is 1.22 bits per heavy atom. The molecule has 1 N–H and O–H groups in total. The highest BCUT2D eigenvalue weighted by molar-refractivity contribution is 5.89. The molecule has 1 unspecified atom stereocenters. The molecule has 0 spiro atoms. The van der Waals surface area contributed by atoms with E-state index in [0.29, 0.717) is 12.0 Å². The van der Waals surface area contributed by atoms with Crippen LogP contribution in [-0.2, 0) is 10.2 Å². The fraction of sp³-hybridized carbons (Fsp3) is 0.632. The lowest BCUT2D eigenvalue weighted by Gasteiger charge is -2.41.